The highest BCUT2D eigenvalue weighted by Crippen LogP contribution is 2.44. The maximum Gasteiger partial charge on any atom is 0.205 e. The molecule has 1 aliphatic heterocycles. The van der Waals surface area contributed by atoms with Gasteiger partial charge in [-0.05, 0) is 30.7 Å². The molecule has 0 aliphatic carbocycles. The normalized spacial score (nSPS) is 18.1. The summed E-state index contributed by atoms with van der Waals surface area (Å²) in [6, 6.07) is 22.8. The Balaban J connectivity index is 1.80. The number of hydrogen-bond donors (Lipinski definition) is 2. The Kier molecular flexibility index (Phi) is 4.84. The number of hydrogen-bond acceptors (Lipinski definition) is 5. The van der Waals surface area contributed by atoms with Gasteiger partial charge in [-0.1, -0.05) is 48.0 Å². The van der Waals surface area contributed by atoms with E-state index in [1.807, 2.05) is 61.5 Å². The molecule has 4 rings (SSSR count). The van der Waals surface area contributed by atoms with E-state index in [1.165, 1.54) is 6.07 Å². The lowest BCUT2D eigenvalue weighted by molar-refractivity contribution is 0.435. The molecular weight excluding hydrogens is 362 g/mol. The van der Waals surface area contributed by atoms with E-state index in [0.717, 1.165) is 22.4 Å². The molecule has 5 heteroatoms. The molecule has 0 spiro atoms. The number of nitrogens with one attached hydrogen (secondary N) is 1. The van der Waals surface area contributed by atoms with Crippen molar-refractivity contribution in [2.24, 2.45) is 10.9 Å². The summed E-state index contributed by atoms with van der Waals surface area (Å²) >= 11 is 0. The van der Waals surface area contributed by atoms with E-state index in [-0.39, 0.29) is 17.6 Å². The van der Waals surface area contributed by atoms with E-state index >= 15 is 0 Å². The zero-order valence-electron chi connectivity index (χ0n) is 15.8. The van der Waals surface area contributed by atoms with Crippen molar-refractivity contribution >= 4 is 17.8 Å². The molecule has 0 amide bonds. The first-order valence-electron chi connectivity index (χ1n) is 9.25. The minimum Gasteiger partial charge on any atom is -0.507 e. The van der Waals surface area contributed by atoms with Crippen molar-refractivity contribution in [3.8, 4) is 17.6 Å². The minimum atomic E-state index is -0.740. The van der Waals surface area contributed by atoms with Gasteiger partial charge in [-0.25, -0.2) is 0 Å². The van der Waals surface area contributed by atoms with Crippen molar-refractivity contribution in [1.82, 2.24) is 0 Å². The molecule has 3 aromatic carbocycles. The molecule has 0 fully saturated rings. The van der Waals surface area contributed by atoms with Gasteiger partial charge in [0.15, 0.2) is 0 Å². The lowest BCUT2D eigenvalue weighted by Gasteiger charge is -2.30. The molecule has 29 heavy (non-hydrogen) atoms. The predicted molar refractivity (Wildman–Crippen MR) is 112 cm³/mol. The van der Waals surface area contributed by atoms with Crippen LogP contribution in [0.25, 0.3) is 0 Å². The highest BCUT2D eigenvalue weighted by atomic mass is 16.5. The molecule has 1 aliphatic rings. The Morgan fingerprint density at radius 3 is 2.52 bits per heavy atom. The number of nitriles is 1. The highest BCUT2D eigenvalue weighted by molar-refractivity contribution is 5.89. The van der Waals surface area contributed by atoms with Crippen molar-refractivity contribution < 1.29 is 9.84 Å². The molecule has 0 aromatic heterocycles. The zero-order valence-corrected chi connectivity index (χ0v) is 15.8. The molecular formula is C24H19N3O2. The molecule has 2 atom stereocenters. The van der Waals surface area contributed by atoms with Crippen molar-refractivity contribution in [1.29, 1.82) is 10.7 Å². The third-order valence-electron chi connectivity index (χ3n) is 5.01. The third kappa shape index (κ3) is 3.61. The fourth-order valence-electron chi connectivity index (χ4n) is 3.49. The summed E-state index contributed by atoms with van der Waals surface area (Å²) in [6.07, 6.45) is 1.60. The number of phenols is 1. The molecule has 3 aromatic rings. The molecule has 1 heterocycles. The summed E-state index contributed by atoms with van der Waals surface area (Å²) in [7, 11) is 0. The van der Waals surface area contributed by atoms with Crippen LogP contribution in [-0.4, -0.2) is 17.2 Å². The van der Waals surface area contributed by atoms with Gasteiger partial charge in [0.1, 0.15) is 17.4 Å². The predicted octanol–water partition coefficient (Wildman–Crippen LogP) is 5.09. The van der Waals surface area contributed by atoms with E-state index in [2.05, 4.69) is 11.1 Å². The lowest BCUT2D eigenvalue weighted by atomic mass is 9.78. The van der Waals surface area contributed by atoms with E-state index in [0.29, 0.717) is 11.3 Å². The summed E-state index contributed by atoms with van der Waals surface area (Å²) in [5.74, 6) is -0.815. The second-order valence-electron chi connectivity index (χ2n) is 7.00. The Morgan fingerprint density at radius 1 is 1.10 bits per heavy atom. The van der Waals surface area contributed by atoms with Crippen molar-refractivity contribution in [3.63, 3.8) is 0 Å². The average molecular weight is 381 g/mol. The summed E-state index contributed by atoms with van der Waals surface area (Å²) in [4.78, 5) is 4.45. The maximum absolute atomic E-state index is 10.4. The van der Waals surface area contributed by atoms with Crippen LogP contribution in [-0.2, 0) is 0 Å². The van der Waals surface area contributed by atoms with Crippen LogP contribution in [0, 0.1) is 29.6 Å². The van der Waals surface area contributed by atoms with Gasteiger partial charge in [-0.2, -0.15) is 5.26 Å². The Bertz CT molecular complexity index is 1130. The second kappa shape index (κ2) is 7.61. The summed E-state index contributed by atoms with van der Waals surface area (Å²) in [6.45, 7) is 2.01. The number of benzene rings is 3. The number of ether oxygens (including phenoxy) is 1. The molecule has 142 valence electrons. The summed E-state index contributed by atoms with van der Waals surface area (Å²) in [5.41, 5.74) is 4.12. The van der Waals surface area contributed by atoms with Crippen LogP contribution < -0.4 is 4.74 Å². The monoisotopic (exact) mass is 381 g/mol. The SMILES string of the molecule is Cc1ccc(N=Cc2cc3c(cc2O)OC(=N)C(C#N)C3c2ccccc2)cc1. The van der Waals surface area contributed by atoms with Crippen LogP contribution in [0.4, 0.5) is 5.69 Å². The third-order valence-corrected chi connectivity index (χ3v) is 5.01. The molecule has 2 N–H and O–H groups in total. The first-order chi connectivity index (χ1) is 14.1. The quantitative estimate of drug-likeness (QED) is 0.619. The molecule has 5 nitrogen and oxygen atoms in total. The maximum atomic E-state index is 10.4. The second-order valence-corrected chi connectivity index (χ2v) is 7.00. The zero-order chi connectivity index (χ0) is 20.4. The van der Waals surface area contributed by atoms with Crippen LogP contribution in [0.3, 0.4) is 0 Å². The number of aromatic hydroxyl groups is 1. The Labute approximate surface area is 169 Å². The number of phenolic OH excluding ortho intramolecular Hbond substituents is 1. The van der Waals surface area contributed by atoms with E-state index in [1.54, 1.807) is 12.3 Å². The number of rotatable bonds is 3. The number of aliphatic imine (C=N–C) groups is 1. The van der Waals surface area contributed by atoms with Crippen molar-refractivity contribution in [2.75, 3.05) is 0 Å². The number of aryl methyl sites for hydroxylation is 1. The van der Waals surface area contributed by atoms with Gasteiger partial charge >= 0.3 is 0 Å². The van der Waals surface area contributed by atoms with E-state index < -0.39 is 5.92 Å². The molecule has 2 unspecified atom stereocenters. The minimum absolute atomic E-state index is 0.00892. The van der Waals surface area contributed by atoms with Gasteiger partial charge in [0.05, 0.1) is 11.8 Å². The van der Waals surface area contributed by atoms with Crippen LogP contribution in [0.15, 0.2) is 71.7 Å². The van der Waals surface area contributed by atoms with Crippen LogP contribution in [0.1, 0.15) is 28.2 Å². The topological polar surface area (TPSA) is 89.5 Å². The Morgan fingerprint density at radius 2 is 1.83 bits per heavy atom. The fraction of sp³-hybridized carbons (Fsp3) is 0.125. The largest absolute Gasteiger partial charge is 0.507 e. The van der Waals surface area contributed by atoms with Gasteiger partial charge in [0, 0.05) is 29.3 Å². The molecule has 0 saturated heterocycles. The first kappa shape index (κ1) is 18.5. The smallest absolute Gasteiger partial charge is 0.205 e. The van der Waals surface area contributed by atoms with Crippen LogP contribution in [0.5, 0.6) is 11.5 Å². The molecule has 0 radical (unpaired) electrons. The standard InChI is InChI=1S/C24H19N3O2/c1-15-7-9-18(10-8-15)27-14-17-11-19-22(12-21(17)28)29-24(26)20(13-25)23(19)16-5-3-2-4-6-16/h2-12,14,20,23,26,28H,1H3. The van der Waals surface area contributed by atoms with E-state index in [4.69, 9.17) is 10.1 Å². The van der Waals surface area contributed by atoms with Gasteiger partial charge in [-0.15, -0.1) is 0 Å². The highest BCUT2D eigenvalue weighted by Gasteiger charge is 2.37. The lowest BCUT2D eigenvalue weighted by Crippen LogP contribution is -2.31. The van der Waals surface area contributed by atoms with Crippen LogP contribution in [0.2, 0.25) is 0 Å². The molecule has 0 saturated carbocycles. The van der Waals surface area contributed by atoms with E-state index in [9.17, 15) is 10.4 Å². The first-order valence-corrected chi connectivity index (χ1v) is 9.25. The fourth-order valence-corrected chi connectivity index (χ4v) is 3.49. The number of nitrogens with zero attached hydrogens (tertiary/aromatic N) is 2. The van der Waals surface area contributed by atoms with Gasteiger partial charge in [-0.3, -0.25) is 10.4 Å². The van der Waals surface area contributed by atoms with Gasteiger partial charge in [0.25, 0.3) is 0 Å². The average Bonchev–Trinajstić information content (AvgIpc) is 2.73. The number of fused-ring (bicyclic) bond motifs is 1. The van der Waals surface area contributed by atoms with Gasteiger partial charge < -0.3 is 9.84 Å². The van der Waals surface area contributed by atoms with Crippen molar-refractivity contribution in [2.45, 2.75) is 12.8 Å². The van der Waals surface area contributed by atoms with Gasteiger partial charge in [0.2, 0.25) is 5.90 Å². The molecule has 0 bridgehead atoms. The van der Waals surface area contributed by atoms with Crippen molar-refractivity contribution in [3.05, 3.63) is 89.0 Å². The summed E-state index contributed by atoms with van der Waals surface area (Å²) < 4.78 is 5.56. The Hall–Kier alpha value is -3.91. The summed E-state index contributed by atoms with van der Waals surface area (Å²) in [5, 5.41) is 28.3. The van der Waals surface area contributed by atoms with Crippen LogP contribution >= 0.6 is 0 Å².